The zero-order valence-corrected chi connectivity index (χ0v) is 8.75. The first-order valence-electron chi connectivity index (χ1n) is 5.11. The van der Waals surface area contributed by atoms with Crippen LogP contribution < -0.4 is 16.6 Å². The Morgan fingerprint density at radius 2 is 2.21 bits per heavy atom. The SMILES string of the molecule is CCCCCC(NN)C(=O)NCCO. The van der Waals surface area contributed by atoms with Crippen molar-refractivity contribution in [3.8, 4) is 0 Å². The number of aliphatic hydroxyl groups excluding tert-OH is 1. The molecule has 0 aromatic rings. The van der Waals surface area contributed by atoms with E-state index in [0.29, 0.717) is 0 Å². The van der Waals surface area contributed by atoms with Gasteiger partial charge in [-0.05, 0) is 6.42 Å². The molecule has 0 saturated carbocycles. The number of hydrazine groups is 1. The Balaban J connectivity index is 3.69. The topological polar surface area (TPSA) is 87.4 Å². The van der Waals surface area contributed by atoms with Crippen molar-refractivity contribution in [1.29, 1.82) is 0 Å². The van der Waals surface area contributed by atoms with Gasteiger partial charge in [0.15, 0.2) is 0 Å². The molecule has 84 valence electrons. The second kappa shape index (κ2) is 8.93. The van der Waals surface area contributed by atoms with Gasteiger partial charge in [0.2, 0.25) is 5.91 Å². The lowest BCUT2D eigenvalue weighted by Crippen LogP contribution is -2.47. The summed E-state index contributed by atoms with van der Waals surface area (Å²) in [4.78, 5) is 11.4. The van der Waals surface area contributed by atoms with E-state index in [4.69, 9.17) is 10.9 Å². The van der Waals surface area contributed by atoms with Gasteiger partial charge in [-0.2, -0.15) is 0 Å². The predicted octanol–water partition coefficient (Wildman–Crippen LogP) is -0.493. The minimum absolute atomic E-state index is 0.0437. The number of hydrogen-bond donors (Lipinski definition) is 4. The third kappa shape index (κ3) is 5.90. The van der Waals surface area contributed by atoms with E-state index >= 15 is 0 Å². The molecular weight excluding hydrogens is 182 g/mol. The first-order chi connectivity index (χ1) is 6.76. The maximum atomic E-state index is 11.4. The number of amides is 1. The lowest BCUT2D eigenvalue weighted by atomic mass is 10.1. The molecule has 0 aliphatic heterocycles. The van der Waals surface area contributed by atoms with E-state index in [1.54, 1.807) is 0 Å². The zero-order valence-electron chi connectivity index (χ0n) is 8.75. The van der Waals surface area contributed by atoms with Crippen LogP contribution >= 0.6 is 0 Å². The summed E-state index contributed by atoms with van der Waals surface area (Å²) in [5.74, 6) is 5.11. The molecular formula is C9H21N3O2. The molecule has 0 aliphatic rings. The van der Waals surface area contributed by atoms with Crippen molar-refractivity contribution in [2.45, 2.75) is 38.6 Å². The molecule has 14 heavy (non-hydrogen) atoms. The van der Waals surface area contributed by atoms with Crippen LogP contribution in [0, 0.1) is 0 Å². The monoisotopic (exact) mass is 203 g/mol. The molecule has 0 aromatic carbocycles. The number of aliphatic hydroxyl groups is 1. The smallest absolute Gasteiger partial charge is 0.238 e. The summed E-state index contributed by atoms with van der Waals surface area (Å²) < 4.78 is 0. The van der Waals surface area contributed by atoms with Crippen molar-refractivity contribution in [3.05, 3.63) is 0 Å². The molecule has 1 unspecified atom stereocenters. The van der Waals surface area contributed by atoms with Crippen LogP contribution in [-0.2, 0) is 4.79 Å². The maximum absolute atomic E-state index is 11.4. The highest BCUT2D eigenvalue weighted by molar-refractivity contribution is 5.81. The predicted molar refractivity (Wildman–Crippen MR) is 55.3 cm³/mol. The van der Waals surface area contributed by atoms with Crippen LogP contribution in [0.25, 0.3) is 0 Å². The van der Waals surface area contributed by atoms with Gasteiger partial charge >= 0.3 is 0 Å². The average molecular weight is 203 g/mol. The van der Waals surface area contributed by atoms with Crippen LogP contribution in [0.4, 0.5) is 0 Å². The van der Waals surface area contributed by atoms with Crippen molar-refractivity contribution in [3.63, 3.8) is 0 Å². The van der Waals surface area contributed by atoms with Gasteiger partial charge in [-0.1, -0.05) is 26.2 Å². The third-order valence-electron chi connectivity index (χ3n) is 2.03. The van der Waals surface area contributed by atoms with Crippen molar-refractivity contribution in [2.75, 3.05) is 13.2 Å². The van der Waals surface area contributed by atoms with E-state index in [0.717, 1.165) is 25.7 Å². The fourth-order valence-corrected chi connectivity index (χ4v) is 1.19. The molecule has 0 aliphatic carbocycles. The van der Waals surface area contributed by atoms with E-state index in [1.165, 1.54) is 0 Å². The Morgan fingerprint density at radius 1 is 1.50 bits per heavy atom. The van der Waals surface area contributed by atoms with Crippen molar-refractivity contribution in [1.82, 2.24) is 10.7 Å². The van der Waals surface area contributed by atoms with Gasteiger partial charge in [-0.15, -0.1) is 0 Å². The summed E-state index contributed by atoms with van der Waals surface area (Å²) in [5.41, 5.74) is 2.48. The van der Waals surface area contributed by atoms with Crippen LogP contribution in [0.15, 0.2) is 0 Å². The number of carbonyl (C=O) groups is 1. The molecule has 0 spiro atoms. The molecule has 0 bridgehead atoms. The molecule has 0 saturated heterocycles. The van der Waals surface area contributed by atoms with Crippen LogP contribution in [-0.4, -0.2) is 30.2 Å². The van der Waals surface area contributed by atoms with Crippen molar-refractivity contribution >= 4 is 5.91 Å². The van der Waals surface area contributed by atoms with Gasteiger partial charge in [-0.25, -0.2) is 5.43 Å². The van der Waals surface area contributed by atoms with Crippen LogP contribution in [0.5, 0.6) is 0 Å². The fourth-order valence-electron chi connectivity index (χ4n) is 1.19. The molecule has 0 rings (SSSR count). The zero-order chi connectivity index (χ0) is 10.8. The Bertz CT molecular complexity index is 153. The first kappa shape index (κ1) is 13.4. The van der Waals surface area contributed by atoms with Crippen LogP contribution in [0.3, 0.4) is 0 Å². The van der Waals surface area contributed by atoms with E-state index in [2.05, 4.69) is 17.7 Å². The Kier molecular flexibility index (Phi) is 8.51. The van der Waals surface area contributed by atoms with E-state index in [9.17, 15) is 4.79 Å². The number of unbranched alkanes of at least 4 members (excludes halogenated alkanes) is 2. The van der Waals surface area contributed by atoms with Crippen LogP contribution in [0.2, 0.25) is 0 Å². The van der Waals surface area contributed by atoms with Gasteiger partial charge in [-0.3, -0.25) is 10.6 Å². The summed E-state index contributed by atoms with van der Waals surface area (Å²) in [7, 11) is 0. The highest BCUT2D eigenvalue weighted by Gasteiger charge is 2.14. The Hall–Kier alpha value is -0.650. The highest BCUT2D eigenvalue weighted by Crippen LogP contribution is 2.02. The molecule has 0 radical (unpaired) electrons. The summed E-state index contributed by atoms with van der Waals surface area (Å²) in [6.45, 7) is 2.35. The lowest BCUT2D eigenvalue weighted by Gasteiger charge is -2.14. The number of carbonyl (C=O) groups excluding carboxylic acids is 1. The summed E-state index contributed by atoms with van der Waals surface area (Å²) in [5, 5.41) is 11.1. The number of nitrogens with two attached hydrogens (primary N) is 1. The number of hydrogen-bond acceptors (Lipinski definition) is 4. The number of nitrogens with one attached hydrogen (secondary N) is 2. The van der Waals surface area contributed by atoms with E-state index < -0.39 is 0 Å². The minimum Gasteiger partial charge on any atom is -0.395 e. The largest absolute Gasteiger partial charge is 0.395 e. The summed E-state index contributed by atoms with van der Waals surface area (Å²) in [6.07, 6.45) is 3.94. The quantitative estimate of drug-likeness (QED) is 0.243. The highest BCUT2D eigenvalue weighted by atomic mass is 16.3. The summed E-state index contributed by atoms with van der Waals surface area (Å²) >= 11 is 0. The van der Waals surface area contributed by atoms with E-state index in [-0.39, 0.29) is 25.1 Å². The molecule has 5 nitrogen and oxygen atoms in total. The van der Waals surface area contributed by atoms with Gasteiger partial charge in [0.25, 0.3) is 0 Å². The van der Waals surface area contributed by atoms with Gasteiger partial charge < -0.3 is 10.4 Å². The van der Waals surface area contributed by atoms with Gasteiger partial charge in [0.05, 0.1) is 12.6 Å². The molecule has 0 heterocycles. The fraction of sp³-hybridized carbons (Fsp3) is 0.889. The second-order valence-electron chi connectivity index (χ2n) is 3.23. The van der Waals surface area contributed by atoms with Gasteiger partial charge in [0, 0.05) is 6.54 Å². The Labute approximate surface area is 85.0 Å². The number of rotatable bonds is 8. The van der Waals surface area contributed by atoms with Crippen molar-refractivity contribution < 1.29 is 9.90 Å². The molecule has 0 aromatic heterocycles. The maximum Gasteiger partial charge on any atom is 0.238 e. The lowest BCUT2D eigenvalue weighted by molar-refractivity contribution is -0.123. The van der Waals surface area contributed by atoms with Gasteiger partial charge in [0.1, 0.15) is 0 Å². The molecule has 1 atom stereocenters. The standard InChI is InChI=1S/C9H21N3O2/c1-2-3-4-5-8(12-10)9(14)11-6-7-13/h8,12-13H,2-7,10H2,1H3,(H,11,14). The normalized spacial score (nSPS) is 12.5. The van der Waals surface area contributed by atoms with Crippen molar-refractivity contribution in [2.24, 2.45) is 5.84 Å². The molecule has 0 fully saturated rings. The second-order valence-corrected chi connectivity index (χ2v) is 3.23. The molecule has 5 heteroatoms. The molecule has 5 N–H and O–H groups in total. The Morgan fingerprint density at radius 3 is 2.71 bits per heavy atom. The van der Waals surface area contributed by atoms with E-state index in [1.807, 2.05) is 0 Å². The average Bonchev–Trinajstić information content (AvgIpc) is 2.21. The molecule has 1 amide bonds. The third-order valence-corrected chi connectivity index (χ3v) is 2.03. The first-order valence-corrected chi connectivity index (χ1v) is 5.11. The minimum atomic E-state index is -0.340. The summed E-state index contributed by atoms with van der Waals surface area (Å²) in [6, 6.07) is -0.340. The van der Waals surface area contributed by atoms with Crippen LogP contribution in [0.1, 0.15) is 32.6 Å².